The lowest BCUT2D eigenvalue weighted by Crippen LogP contribution is -2.18. The van der Waals surface area contributed by atoms with Crippen molar-refractivity contribution in [1.29, 1.82) is 0 Å². The summed E-state index contributed by atoms with van der Waals surface area (Å²) in [5.74, 6) is 0.582. The van der Waals surface area contributed by atoms with Crippen molar-refractivity contribution >= 4 is 29.3 Å². The van der Waals surface area contributed by atoms with Gasteiger partial charge in [-0.2, -0.15) is 0 Å². The summed E-state index contributed by atoms with van der Waals surface area (Å²) in [4.78, 5) is 28.5. The van der Waals surface area contributed by atoms with E-state index in [1.165, 1.54) is 11.8 Å². The van der Waals surface area contributed by atoms with Crippen LogP contribution >= 0.6 is 11.8 Å². The minimum Gasteiger partial charge on any atom is -0.454 e. The van der Waals surface area contributed by atoms with Crippen molar-refractivity contribution in [2.75, 3.05) is 17.9 Å². The van der Waals surface area contributed by atoms with Crippen LogP contribution in [-0.2, 0) is 4.79 Å². The van der Waals surface area contributed by atoms with E-state index >= 15 is 0 Å². The first kappa shape index (κ1) is 18.1. The van der Waals surface area contributed by atoms with Crippen LogP contribution in [0, 0.1) is 20.8 Å². The number of aryl methyl sites for hydroxylation is 1. The fourth-order valence-electron chi connectivity index (χ4n) is 2.61. The van der Waals surface area contributed by atoms with Gasteiger partial charge in [0.2, 0.25) is 12.7 Å². The van der Waals surface area contributed by atoms with Gasteiger partial charge in [0.25, 0.3) is 5.91 Å². The maximum atomic E-state index is 12.3. The molecule has 3 N–H and O–H groups in total. The first-order chi connectivity index (χ1) is 12.4. The Bertz CT molecular complexity index is 898. The maximum Gasteiger partial charge on any atom is 0.251 e. The van der Waals surface area contributed by atoms with Crippen LogP contribution in [0.4, 0.5) is 5.69 Å². The monoisotopic (exact) mass is 373 g/mol. The van der Waals surface area contributed by atoms with E-state index in [1.807, 2.05) is 20.8 Å². The molecule has 0 radical (unpaired) electrons. The molecule has 1 aliphatic rings. The second-order valence-corrected chi connectivity index (χ2v) is 6.86. The highest BCUT2D eigenvalue weighted by Gasteiger charge is 2.19. The van der Waals surface area contributed by atoms with Gasteiger partial charge in [-0.15, -0.1) is 0 Å². The zero-order valence-electron chi connectivity index (χ0n) is 14.7. The highest BCUT2D eigenvalue weighted by molar-refractivity contribution is 8.00. The Hall–Kier alpha value is -2.74. The number of hydrogen-bond acceptors (Lipinski definition) is 6. The number of benzene rings is 1. The van der Waals surface area contributed by atoms with Gasteiger partial charge < -0.3 is 20.5 Å². The van der Waals surface area contributed by atoms with Gasteiger partial charge >= 0.3 is 0 Å². The zero-order chi connectivity index (χ0) is 18.8. The number of pyridine rings is 1. The Labute approximate surface area is 155 Å². The molecule has 1 aromatic carbocycles. The minimum absolute atomic E-state index is 0.101. The molecule has 7 nitrogen and oxygen atoms in total. The molecule has 8 heteroatoms. The van der Waals surface area contributed by atoms with Crippen LogP contribution in [0.5, 0.6) is 11.5 Å². The first-order valence-electron chi connectivity index (χ1n) is 7.96. The quantitative estimate of drug-likeness (QED) is 0.781. The molecule has 2 heterocycles. The number of amides is 2. The molecule has 0 spiro atoms. The van der Waals surface area contributed by atoms with Gasteiger partial charge in [0.1, 0.15) is 5.03 Å². The number of hydrogen-bond donors (Lipinski definition) is 2. The molecular weight excluding hydrogens is 354 g/mol. The van der Waals surface area contributed by atoms with E-state index in [0.29, 0.717) is 27.8 Å². The van der Waals surface area contributed by atoms with Crippen molar-refractivity contribution in [2.24, 2.45) is 5.73 Å². The molecule has 2 aromatic rings. The van der Waals surface area contributed by atoms with Gasteiger partial charge in [-0.3, -0.25) is 9.59 Å². The molecular formula is C18H19N3O4S. The Morgan fingerprint density at radius 1 is 1.19 bits per heavy atom. The Kier molecular flexibility index (Phi) is 5.03. The lowest BCUT2D eigenvalue weighted by molar-refractivity contribution is -0.113. The van der Waals surface area contributed by atoms with Gasteiger partial charge in [0.05, 0.1) is 11.3 Å². The number of rotatable bonds is 5. The van der Waals surface area contributed by atoms with Gasteiger partial charge in [0, 0.05) is 17.4 Å². The van der Waals surface area contributed by atoms with Gasteiger partial charge in [-0.25, -0.2) is 4.98 Å². The van der Waals surface area contributed by atoms with Gasteiger partial charge in [0.15, 0.2) is 11.5 Å². The molecule has 1 aliphatic heterocycles. The highest BCUT2D eigenvalue weighted by Crippen LogP contribution is 2.34. The highest BCUT2D eigenvalue weighted by atomic mass is 32.2. The van der Waals surface area contributed by atoms with Crippen LogP contribution < -0.4 is 20.5 Å². The Morgan fingerprint density at radius 3 is 2.65 bits per heavy atom. The predicted molar refractivity (Wildman–Crippen MR) is 98.9 cm³/mol. The number of carbonyl (C=O) groups excluding carboxylic acids is 2. The van der Waals surface area contributed by atoms with Crippen LogP contribution in [0.2, 0.25) is 0 Å². The van der Waals surface area contributed by atoms with Crippen molar-refractivity contribution in [2.45, 2.75) is 25.8 Å². The molecule has 0 atom stereocenters. The normalized spacial score (nSPS) is 12.1. The number of nitrogens with two attached hydrogens (primary N) is 1. The molecule has 0 bridgehead atoms. The molecule has 2 amide bonds. The number of fused-ring (bicyclic) bond motifs is 1. The molecule has 0 aliphatic carbocycles. The second kappa shape index (κ2) is 7.25. The number of primary amides is 1. The summed E-state index contributed by atoms with van der Waals surface area (Å²) in [5.41, 5.74) is 9.01. The third kappa shape index (κ3) is 3.60. The summed E-state index contributed by atoms with van der Waals surface area (Å²) in [6.07, 6.45) is 0. The number of ether oxygens (including phenoxy) is 2. The number of aromatic nitrogens is 1. The number of nitrogens with zero attached hydrogens (tertiary/aromatic N) is 1. The fourth-order valence-corrected chi connectivity index (χ4v) is 3.55. The third-order valence-electron chi connectivity index (χ3n) is 4.21. The smallest absolute Gasteiger partial charge is 0.251 e. The predicted octanol–water partition coefficient (Wildman–Crippen LogP) is 2.57. The lowest BCUT2D eigenvalue weighted by Gasteiger charge is -2.13. The zero-order valence-corrected chi connectivity index (χ0v) is 15.5. The number of thioether (sulfide) groups is 1. The van der Waals surface area contributed by atoms with E-state index in [9.17, 15) is 9.59 Å². The van der Waals surface area contributed by atoms with Crippen LogP contribution in [-0.4, -0.2) is 29.3 Å². The number of anilines is 1. The molecule has 136 valence electrons. The topological polar surface area (TPSA) is 104 Å². The fraction of sp³-hybridized carbons (Fsp3) is 0.278. The summed E-state index contributed by atoms with van der Waals surface area (Å²) >= 11 is 1.19. The van der Waals surface area contributed by atoms with E-state index < -0.39 is 5.91 Å². The van der Waals surface area contributed by atoms with E-state index in [2.05, 4.69) is 10.3 Å². The molecule has 1 aromatic heterocycles. The van der Waals surface area contributed by atoms with Crippen LogP contribution in [0.1, 0.15) is 27.2 Å². The standard InChI is InChI=1S/C18H19N3O4S/c1-9-10(2)16(17(19)23)18(20-11(9)3)26-7-15(22)21-12-4-5-13-14(6-12)25-8-24-13/h4-6H,7-8H2,1-3H3,(H2,19,23)(H,21,22). The molecule has 0 saturated carbocycles. The molecule has 0 fully saturated rings. The van der Waals surface area contributed by atoms with Crippen molar-refractivity contribution in [1.82, 2.24) is 4.98 Å². The van der Waals surface area contributed by atoms with Crippen LogP contribution in [0.15, 0.2) is 23.2 Å². The SMILES string of the molecule is Cc1nc(SCC(=O)Nc2ccc3c(c2)OCO3)c(C(N)=O)c(C)c1C. The van der Waals surface area contributed by atoms with E-state index in [4.69, 9.17) is 15.2 Å². The van der Waals surface area contributed by atoms with Crippen molar-refractivity contribution < 1.29 is 19.1 Å². The minimum atomic E-state index is -0.545. The Morgan fingerprint density at radius 2 is 1.92 bits per heavy atom. The number of nitrogens with one attached hydrogen (secondary N) is 1. The largest absolute Gasteiger partial charge is 0.454 e. The average molecular weight is 373 g/mol. The van der Waals surface area contributed by atoms with E-state index in [-0.39, 0.29) is 18.5 Å². The van der Waals surface area contributed by atoms with Crippen molar-refractivity contribution in [3.8, 4) is 11.5 Å². The van der Waals surface area contributed by atoms with Crippen molar-refractivity contribution in [3.05, 3.63) is 40.6 Å². The summed E-state index contributed by atoms with van der Waals surface area (Å²) in [7, 11) is 0. The maximum absolute atomic E-state index is 12.3. The second-order valence-electron chi connectivity index (χ2n) is 5.90. The number of carbonyl (C=O) groups is 2. The summed E-state index contributed by atoms with van der Waals surface area (Å²) < 4.78 is 10.5. The van der Waals surface area contributed by atoms with E-state index in [1.54, 1.807) is 18.2 Å². The van der Waals surface area contributed by atoms with Crippen LogP contribution in [0.25, 0.3) is 0 Å². The van der Waals surface area contributed by atoms with Gasteiger partial charge in [-0.1, -0.05) is 11.8 Å². The summed E-state index contributed by atoms with van der Waals surface area (Å²) in [6, 6.07) is 5.19. The van der Waals surface area contributed by atoms with E-state index in [0.717, 1.165) is 16.8 Å². The molecule has 26 heavy (non-hydrogen) atoms. The lowest BCUT2D eigenvalue weighted by atomic mass is 10.0. The van der Waals surface area contributed by atoms with Crippen molar-refractivity contribution in [3.63, 3.8) is 0 Å². The average Bonchev–Trinajstić information content (AvgIpc) is 3.05. The molecule has 0 unspecified atom stereocenters. The first-order valence-corrected chi connectivity index (χ1v) is 8.95. The molecule has 0 saturated heterocycles. The Balaban J connectivity index is 1.71. The summed E-state index contributed by atoms with van der Waals surface area (Å²) in [6.45, 7) is 5.77. The van der Waals surface area contributed by atoms with Gasteiger partial charge in [-0.05, 0) is 44.0 Å². The third-order valence-corrected chi connectivity index (χ3v) is 5.18. The summed E-state index contributed by atoms with van der Waals surface area (Å²) in [5, 5.41) is 3.26. The van der Waals surface area contributed by atoms with Crippen LogP contribution in [0.3, 0.4) is 0 Å². The molecule has 3 rings (SSSR count).